The summed E-state index contributed by atoms with van der Waals surface area (Å²) in [5.74, 6) is -1.05. The molecule has 0 aliphatic heterocycles. The van der Waals surface area contributed by atoms with Crippen molar-refractivity contribution in [2.24, 2.45) is 0 Å². The van der Waals surface area contributed by atoms with Gasteiger partial charge >= 0.3 is 6.03 Å². The highest BCUT2D eigenvalue weighted by Crippen LogP contribution is 2.17. The highest BCUT2D eigenvalue weighted by molar-refractivity contribution is 6.31. The number of anilines is 2. The van der Waals surface area contributed by atoms with E-state index in [1.807, 2.05) is 6.92 Å². The van der Waals surface area contributed by atoms with Crippen molar-refractivity contribution in [2.75, 3.05) is 11.5 Å². The Morgan fingerprint density at radius 1 is 1.23 bits per heavy atom. The number of nitrogens with one attached hydrogen (secondary N) is 2. The zero-order valence-electron chi connectivity index (χ0n) is 12.6. The van der Waals surface area contributed by atoms with Crippen molar-refractivity contribution in [3.63, 3.8) is 0 Å². The summed E-state index contributed by atoms with van der Waals surface area (Å²) in [6.07, 6.45) is 3.66. The van der Waals surface area contributed by atoms with Gasteiger partial charge in [0.1, 0.15) is 0 Å². The van der Waals surface area contributed by atoms with Crippen molar-refractivity contribution in [1.29, 1.82) is 0 Å². The molecule has 0 fully saturated rings. The van der Waals surface area contributed by atoms with E-state index in [1.54, 1.807) is 0 Å². The summed E-state index contributed by atoms with van der Waals surface area (Å²) in [6.45, 7) is 4.04. The molecule has 6 N–H and O–H groups in total. The van der Waals surface area contributed by atoms with Gasteiger partial charge in [-0.2, -0.15) is 0 Å². The number of rotatable bonds is 6. The van der Waals surface area contributed by atoms with Gasteiger partial charge in [0.2, 0.25) is 0 Å². The first kappa shape index (κ1) is 18.0. The van der Waals surface area contributed by atoms with Crippen molar-refractivity contribution in [2.45, 2.75) is 45.6 Å². The lowest BCUT2D eigenvalue weighted by molar-refractivity contribution is 0.0959. The second kappa shape index (κ2) is 8.38. The second-order valence-corrected chi connectivity index (χ2v) is 5.17. The minimum Gasteiger partial charge on any atom is -0.382 e. The molecule has 1 atom stereocenters. The van der Waals surface area contributed by atoms with Crippen LogP contribution in [0.2, 0.25) is 5.15 Å². The van der Waals surface area contributed by atoms with E-state index in [-0.39, 0.29) is 28.5 Å². The predicted octanol–water partition coefficient (Wildman–Crippen LogP) is 1.70. The molecule has 9 heteroatoms. The largest absolute Gasteiger partial charge is 0.382 e. The Bertz CT molecular complexity index is 552. The predicted molar refractivity (Wildman–Crippen MR) is 85.5 cm³/mol. The molecule has 3 amide bonds. The molecule has 0 bridgehead atoms. The van der Waals surface area contributed by atoms with E-state index in [2.05, 4.69) is 27.5 Å². The maximum absolute atomic E-state index is 12.0. The quantitative estimate of drug-likeness (QED) is 0.627. The van der Waals surface area contributed by atoms with E-state index in [4.69, 9.17) is 23.1 Å². The van der Waals surface area contributed by atoms with Gasteiger partial charge in [-0.25, -0.2) is 14.8 Å². The Morgan fingerprint density at radius 2 is 1.91 bits per heavy atom. The van der Waals surface area contributed by atoms with Crippen molar-refractivity contribution < 1.29 is 9.59 Å². The summed E-state index contributed by atoms with van der Waals surface area (Å²) in [5, 5.41) is 4.74. The zero-order chi connectivity index (χ0) is 16.7. The van der Waals surface area contributed by atoms with Gasteiger partial charge in [-0.1, -0.05) is 38.3 Å². The minimum atomic E-state index is -0.783. The van der Waals surface area contributed by atoms with E-state index in [0.717, 1.165) is 25.7 Å². The van der Waals surface area contributed by atoms with Gasteiger partial charge in [0.25, 0.3) is 5.91 Å². The molecule has 8 nitrogen and oxygen atoms in total. The van der Waals surface area contributed by atoms with Gasteiger partial charge in [-0.15, -0.1) is 0 Å². The number of amides is 3. The van der Waals surface area contributed by atoms with Crippen molar-refractivity contribution in [1.82, 2.24) is 20.6 Å². The fraction of sp³-hybridized carbons (Fsp3) is 0.538. The van der Waals surface area contributed by atoms with Crippen LogP contribution in [0.25, 0.3) is 0 Å². The van der Waals surface area contributed by atoms with Crippen LogP contribution < -0.4 is 22.1 Å². The first-order valence-electron chi connectivity index (χ1n) is 7.09. The number of carbonyl (C=O) groups excluding carboxylic acids is 2. The van der Waals surface area contributed by atoms with Crippen molar-refractivity contribution >= 4 is 35.2 Å². The maximum atomic E-state index is 12.0. The molecular formula is C13H21ClN6O2. The lowest BCUT2D eigenvalue weighted by atomic mass is 10.1. The molecule has 122 valence electrons. The van der Waals surface area contributed by atoms with E-state index >= 15 is 0 Å². The fourth-order valence-electron chi connectivity index (χ4n) is 1.82. The summed E-state index contributed by atoms with van der Waals surface area (Å²) >= 11 is 5.70. The Labute approximate surface area is 134 Å². The number of nitrogens with zero attached hydrogens (tertiary/aromatic N) is 2. The van der Waals surface area contributed by atoms with Crippen LogP contribution in [-0.2, 0) is 0 Å². The molecule has 0 radical (unpaired) electrons. The molecule has 0 aliphatic carbocycles. The first-order chi connectivity index (χ1) is 10.4. The summed E-state index contributed by atoms with van der Waals surface area (Å²) in [5.41, 5.74) is 10.7. The Kier molecular flexibility index (Phi) is 6.84. The number of unbranched alkanes of at least 4 members (excludes halogenated alkanes) is 1. The smallest absolute Gasteiger partial charge is 0.321 e. The van der Waals surface area contributed by atoms with E-state index in [0.29, 0.717) is 0 Å². The monoisotopic (exact) mass is 328 g/mol. The third kappa shape index (κ3) is 5.03. The summed E-state index contributed by atoms with van der Waals surface area (Å²) < 4.78 is 0. The lowest BCUT2D eigenvalue weighted by Crippen LogP contribution is -2.44. The molecule has 1 aromatic rings. The molecule has 1 unspecified atom stereocenters. The van der Waals surface area contributed by atoms with Gasteiger partial charge in [0.15, 0.2) is 22.5 Å². The first-order valence-corrected chi connectivity index (χ1v) is 7.47. The molecule has 1 aromatic heterocycles. The summed E-state index contributed by atoms with van der Waals surface area (Å²) in [4.78, 5) is 31.2. The van der Waals surface area contributed by atoms with Crippen LogP contribution in [-0.4, -0.2) is 27.9 Å². The average Bonchev–Trinajstić information content (AvgIpc) is 2.46. The number of nitrogen functional groups attached to an aromatic ring is 2. The molecule has 0 aliphatic rings. The standard InChI is InChI=1S/C13H21ClN6O2/c1-3-5-6-7(4-2)17-13(22)20-12(21)8-10(15)19-11(16)9(14)18-8/h7H,3-6H2,1-2H3,(H4,15,16,19)(H2,17,20,21,22). The average molecular weight is 329 g/mol. The number of urea groups is 1. The topological polar surface area (TPSA) is 136 Å². The molecule has 0 saturated carbocycles. The number of carbonyl (C=O) groups is 2. The molecule has 1 rings (SSSR count). The van der Waals surface area contributed by atoms with Gasteiger partial charge in [-0.05, 0) is 12.8 Å². The van der Waals surface area contributed by atoms with Crippen LogP contribution >= 0.6 is 11.6 Å². The highest BCUT2D eigenvalue weighted by Gasteiger charge is 2.19. The van der Waals surface area contributed by atoms with E-state index in [1.165, 1.54) is 0 Å². The van der Waals surface area contributed by atoms with Crippen molar-refractivity contribution in [3.05, 3.63) is 10.8 Å². The second-order valence-electron chi connectivity index (χ2n) is 4.81. The van der Waals surface area contributed by atoms with Crippen LogP contribution in [0.1, 0.15) is 50.0 Å². The number of nitrogens with two attached hydrogens (primary N) is 2. The number of aromatic nitrogens is 2. The van der Waals surface area contributed by atoms with Crippen LogP contribution in [0.15, 0.2) is 0 Å². The molecule has 0 spiro atoms. The van der Waals surface area contributed by atoms with Crippen LogP contribution in [0.3, 0.4) is 0 Å². The van der Waals surface area contributed by atoms with Crippen molar-refractivity contribution in [3.8, 4) is 0 Å². The lowest BCUT2D eigenvalue weighted by Gasteiger charge is -2.16. The Balaban J connectivity index is 2.68. The van der Waals surface area contributed by atoms with E-state index < -0.39 is 11.9 Å². The Hall–Kier alpha value is -2.09. The number of hydrogen-bond acceptors (Lipinski definition) is 6. The SMILES string of the molecule is CCCCC(CC)NC(=O)NC(=O)c1nc(Cl)c(N)nc1N. The molecule has 1 heterocycles. The summed E-state index contributed by atoms with van der Waals surface area (Å²) in [6, 6.07) is -0.603. The molecular weight excluding hydrogens is 308 g/mol. The highest BCUT2D eigenvalue weighted by atomic mass is 35.5. The van der Waals surface area contributed by atoms with Gasteiger partial charge in [0.05, 0.1) is 0 Å². The van der Waals surface area contributed by atoms with Gasteiger partial charge in [-0.3, -0.25) is 10.1 Å². The summed E-state index contributed by atoms with van der Waals surface area (Å²) in [7, 11) is 0. The van der Waals surface area contributed by atoms with Gasteiger partial charge in [0, 0.05) is 6.04 Å². The number of hydrogen-bond donors (Lipinski definition) is 4. The molecule has 0 aromatic carbocycles. The van der Waals surface area contributed by atoms with E-state index in [9.17, 15) is 9.59 Å². The zero-order valence-corrected chi connectivity index (χ0v) is 13.4. The maximum Gasteiger partial charge on any atom is 0.321 e. The fourth-order valence-corrected chi connectivity index (χ4v) is 1.95. The normalized spacial score (nSPS) is 11.8. The van der Waals surface area contributed by atoms with Gasteiger partial charge < -0.3 is 16.8 Å². The molecule has 0 saturated heterocycles. The third-order valence-electron chi connectivity index (χ3n) is 3.08. The van der Waals surface area contributed by atoms with Crippen LogP contribution in [0.5, 0.6) is 0 Å². The van der Waals surface area contributed by atoms with Crippen LogP contribution in [0.4, 0.5) is 16.4 Å². The Morgan fingerprint density at radius 3 is 2.50 bits per heavy atom. The molecule has 22 heavy (non-hydrogen) atoms. The third-order valence-corrected chi connectivity index (χ3v) is 3.36. The number of halogens is 1. The van der Waals surface area contributed by atoms with Crippen LogP contribution in [0, 0.1) is 0 Å². The minimum absolute atomic E-state index is 0.00573. The number of imide groups is 1.